The van der Waals surface area contributed by atoms with Gasteiger partial charge in [-0.05, 0) is 61.6 Å². The third-order valence-electron chi connectivity index (χ3n) is 8.32. The maximum atomic E-state index is 11.1. The lowest BCUT2D eigenvalue weighted by atomic mass is 9.87. The van der Waals surface area contributed by atoms with Crippen LogP contribution in [-0.2, 0) is 13.1 Å². The molecule has 5 rings (SSSR count). The lowest BCUT2D eigenvalue weighted by Crippen LogP contribution is -2.44. The van der Waals surface area contributed by atoms with Crippen LogP contribution in [0.3, 0.4) is 0 Å². The highest BCUT2D eigenvalue weighted by Crippen LogP contribution is 2.41. The molecule has 2 aliphatic carbocycles. The molecule has 2 heterocycles. The molecular weight excluding hydrogens is 464 g/mol. The van der Waals surface area contributed by atoms with E-state index in [9.17, 15) is 4.79 Å². The largest absolute Gasteiger partial charge is 0.465 e. The van der Waals surface area contributed by atoms with Gasteiger partial charge in [0.25, 0.3) is 0 Å². The lowest BCUT2D eigenvalue weighted by molar-refractivity contribution is 0.184. The molecule has 3 aliphatic rings. The van der Waals surface area contributed by atoms with Crippen LogP contribution in [0.15, 0.2) is 24.4 Å². The quantitative estimate of drug-likeness (QED) is 0.325. The van der Waals surface area contributed by atoms with E-state index in [1.807, 2.05) is 6.20 Å². The zero-order valence-electron chi connectivity index (χ0n) is 22.1. The summed E-state index contributed by atoms with van der Waals surface area (Å²) in [5.41, 5.74) is 4.99. The number of benzene rings is 1. The first-order valence-electron chi connectivity index (χ1n) is 14.3. The molecule has 2 fully saturated rings. The third-order valence-corrected chi connectivity index (χ3v) is 8.32. The molecule has 2 aromatic rings. The molecule has 200 valence electrons. The number of aromatic nitrogens is 2. The van der Waals surface area contributed by atoms with Gasteiger partial charge in [-0.1, -0.05) is 50.8 Å². The smallest absolute Gasteiger partial charge is 0.404 e. The van der Waals surface area contributed by atoms with Crippen LogP contribution in [0.4, 0.5) is 16.6 Å². The van der Waals surface area contributed by atoms with Gasteiger partial charge in [0.1, 0.15) is 5.82 Å². The van der Waals surface area contributed by atoms with Gasteiger partial charge in [-0.2, -0.15) is 4.98 Å². The Labute approximate surface area is 220 Å². The van der Waals surface area contributed by atoms with Crippen LogP contribution in [-0.4, -0.2) is 45.8 Å². The van der Waals surface area contributed by atoms with Crippen molar-refractivity contribution in [2.24, 2.45) is 0 Å². The van der Waals surface area contributed by atoms with E-state index < -0.39 is 6.09 Å². The Kier molecular flexibility index (Phi) is 8.44. The van der Waals surface area contributed by atoms with Crippen LogP contribution in [0, 0.1) is 0 Å². The zero-order chi connectivity index (χ0) is 25.6. The third kappa shape index (κ3) is 6.35. The Hall–Kier alpha value is -2.87. The Morgan fingerprint density at radius 2 is 1.86 bits per heavy atom. The number of amides is 1. The molecule has 37 heavy (non-hydrogen) atoms. The molecule has 1 aliphatic heterocycles. The monoisotopic (exact) mass is 506 g/mol. The molecule has 0 spiro atoms. The van der Waals surface area contributed by atoms with E-state index in [4.69, 9.17) is 10.1 Å². The predicted molar refractivity (Wildman–Crippen MR) is 148 cm³/mol. The Morgan fingerprint density at radius 3 is 2.62 bits per heavy atom. The molecule has 0 saturated heterocycles. The van der Waals surface area contributed by atoms with Gasteiger partial charge >= 0.3 is 6.09 Å². The Morgan fingerprint density at radius 1 is 1.05 bits per heavy atom. The van der Waals surface area contributed by atoms with Crippen molar-refractivity contribution in [3.8, 4) is 11.1 Å². The molecule has 8 heteroatoms. The summed E-state index contributed by atoms with van der Waals surface area (Å²) >= 11 is 0. The number of carboxylic acid groups (broad SMARTS) is 1. The molecule has 0 bridgehead atoms. The number of nitrogens with one attached hydrogen (secondary N) is 3. The van der Waals surface area contributed by atoms with Crippen LogP contribution in [0.2, 0.25) is 0 Å². The minimum Gasteiger partial charge on any atom is -0.465 e. The summed E-state index contributed by atoms with van der Waals surface area (Å²) in [6.45, 7) is 4.79. The van der Waals surface area contributed by atoms with Crippen LogP contribution < -0.4 is 20.9 Å². The SMILES string of the molecule is CCCCNc1ncc2c(n1)N(C1CCC(NC(=O)O)CC1)Cc1cc(CNC3CCCCC3)ccc1-2. The standard InChI is InChI=1S/C29H42N6O2/c1-2-3-15-30-28-32-18-26-25-14-9-20(17-31-22-7-5-4-6-8-22)16-21(25)19-35(27(26)34-28)24-12-10-23(11-13-24)33-29(36)37/h9,14,16,18,22-24,31,33H,2-8,10-13,15,17,19H2,1H3,(H,36,37)(H,30,32,34). The van der Waals surface area contributed by atoms with E-state index in [-0.39, 0.29) is 6.04 Å². The highest BCUT2D eigenvalue weighted by atomic mass is 16.4. The summed E-state index contributed by atoms with van der Waals surface area (Å²) < 4.78 is 0. The van der Waals surface area contributed by atoms with Gasteiger partial charge in [0.05, 0.1) is 0 Å². The van der Waals surface area contributed by atoms with Gasteiger partial charge in [-0.25, -0.2) is 9.78 Å². The van der Waals surface area contributed by atoms with Crippen LogP contribution in [0.25, 0.3) is 11.1 Å². The Bertz CT molecular complexity index is 1060. The first-order valence-corrected chi connectivity index (χ1v) is 14.3. The van der Waals surface area contributed by atoms with Gasteiger partial charge in [-0.15, -0.1) is 0 Å². The number of anilines is 2. The maximum absolute atomic E-state index is 11.1. The molecule has 0 atom stereocenters. The fraction of sp³-hybridized carbons (Fsp3) is 0.621. The van der Waals surface area contributed by atoms with Crippen molar-refractivity contribution >= 4 is 17.9 Å². The second kappa shape index (κ2) is 12.1. The molecule has 1 aromatic carbocycles. The summed E-state index contributed by atoms with van der Waals surface area (Å²) in [4.78, 5) is 23.3. The minimum atomic E-state index is -0.925. The van der Waals surface area contributed by atoms with E-state index in [1.165, 1.54) is 48.8 Å². The number of rotatable bonds is 9. The van der Waals surface area contributed by atoms with Crippen molar-refractivity contribution in [1.29, 1.82) is 0 Å². The molecule has 8 nitrogen and oxygen atoms in total. The van der Waals surface area contributed by atoms with Crippen molar-refractivity contribution in [2.45, 2.75) is 109 Å². The number of nitrogens with zero attached hydrogens (tertiary/aromatic N) is 3. The van der Waals surface area contributed by atoms with E-state index in [2.05, 4.69) is 51.0 Å². The molecule has 1 amide bonds. The van der Waals surface area contributed by atoms with Gasteiger partial charge in [0.15, 0.2) is 0 Å². The predicted octanol–water partition coefficient (Wildman–Crippen LogP) is 5.68. The molecule has 1 aromatic heterocycles. The summed E-state index contributed by atoms with van der Waals surface area (Å²) in [6, 6.07) is 7.89. The molecule has 0 radical (unpaired) electrons. The van der Waals surface area contributed by atoms with E-state index >= 15 is 0 Å². The van der Waals surface area contributed by atoms with Crippen LogP contribution >= 0.6 is 0 Å². The van der Waals surface area contributed by atoms with E-state index in [0.29, 0.717) is 18.0 Å². The van der Waals surface area contributed by atoms with Crippen LogP contribution in [0.1, 0.15) is 88.7 Å². The maximum Gasteiger partial charge on any atom is 0.404 e. The first kappa shape index (κ1) is 25.8. The van der Waals surface area contributed by atoms with Gasteiger partial charge in [-0.3, -0.25) is 0 Å². The zero-order valence-corrected chi connectivity index (χ0v) is 22.1. The summed E-state index contributed by atoms with van der Waals surface area (Å²) in [5, 5.41) is 19.0. The normalized spacial score (nSPS) is 21.7. The fourth-order valence-corrected chi connectivity index (χ4v) is 6.23. The van der Waals surface area contributed by atoms with Crippen molar-refractivity contribution in [3.05, 3.63) is 35.5 Å². The van der Waals surface area contributed by atoms with E-state index in [0.717, 1.165) is 69.5 Å². The second-order valence-electron chi connectivity index (χ2n) is 11.0. The number of hydrogen-bond acceptors (Lipinski definition) is 6. The molecule has 2 saturated carbocycles. The second-order valence-corrected chi connectivity index (χ2v) is 11.0. The Balaban J connectivity index is 1.37. The van der Waals surface area contributed by atoms with Crippen molar-refractivity contribution in [3.63, 3.8) is 0 Å². The first-order chi connectivity index (χ1) is 18.1. The lowest BCUT2D eigenvalue weighted by Gasteiger charge is -2.41. The number of fused-ring (bicyclic) bond motifs is 3. The summed E-state index contributed by atoms with van der Waals surface area (Å²) in [7, 11) is 0. The summed E-state index contributed by atoms with van der Waals surface area (Å²) in [6.07, 6.45) is 13.5. The van der Waals surface area contributed by atoms with Crippen LogP contribution in [0.5, 0.6) is 0 Å². The number of carbonyl (C=O) groups is 1. The van der Waals surface area contributed by atoms with Crippen molar-refractivity contribution < 1.29 is 9.90 Å². The number of hydrogen-bond donors (Lipinski definition) is 4. The van der Waals surface area contributed by atoms with Gasteiger partial charge in [0, 0.05) is 49.5 Å². The minimum absolute atomic E-state index is 0.0411. The van der Waals surface area contributed by atoms with E-state index in [1.54, 1.807) is 0 Å². The average Bonchev–Trinajstić information content (AvgIpc) is 2.92. The summed E-state index contributed by atoms with van der Waals surface area (Å²) in [5.74, 6) is 1.69. The van der Waals surface area contributed by atoms with Crippen molar-refractivity contribution in [2.75, 3.05) is 16.8 Å². The van der Waals surface area contributed by atoms with Gasteiger partial charge < -0.3 is 26.0 Å². The molecular formula is C29H42N6O2. The number of unbranched alkanes of at least 4 members (excludes halogenated alkanes) is 1. The highest BCUT2D eigenvalue weighted by Gasteiger charge is 2.33. The topological polar surface area (TPSA) is 102 Å². The molecule has 4 N–H and O–H groups in total. The highest BCUT2D eigenvalue weighted by molar-refractivity contribution is 5.82. The molecule has 0 unspecified atom stereocenters. The van der Waals surface area contributed by atoms with Crippen molar-refractivity contribution in [1.82, 2.24) is 20.6 Å². The average molecular weight is 507 g/mol. The fourth-order valence-electron chi connectivity index (χ4n) is 6.23. The van der Waals surface area contributed by atoms with Gasteiger partial charge in [0.2, 0.25) is 5.95 Å².